The minimum Gasteiger partial charge on any atom is -1.00 e. The first-order valence-corrected chi connectivity index (χ1v) is 19.0. The molecule has 2 aromatic rings. The predicted molar refractivity (Wildman–Crippen MR) is 181 cm³/mol. The number of azo groups is 1. The van der Waals surface area contributed by atoms with Crippen LogP contribution in [0.15, 0.2) is 46.9 Å². The van der Waals surface area contributed by atoms with E-state index in [9.17, 15) is 4.79 Å². The highest BCUT2D eigenvalue weighted by Crippen LogP contribution is 2.19. The number of amides is 1. The highest BCUT2D eigenvalue weighted by atomic mass is 35.5. The van der Waals surface area contributed by atoms with Crippen molar-refractivity contribution in [2.75, 3.05) is 52.8 Å². The van der Waals surface area contributed by atoms with E-state index in [2.05, 4.69) is 38.3 Å². The van der Waals surface area contributed by atoms with Crippen LogP contribution in [0.4, 0.5) is 17.3 Å². The lowest BCUT2D eigenvalue weighted by atomic mass is 10.1. The zero-order valence-electron chi connectivity index (χ0n) is 28.9. The Hall–Kier alpha value is -2.54. The molecule has 0 saturated heterocycles. The number of hydrogen-bond acceptors (Lipinski definition) is 10. The summed E-state index contributed by atoms with van der Waals surface area (Å²) in [5.41, 5.74) is 1.97. The Morgan fingerprint density at radius 1 is 0.830 bits per heavy atom. The van der Waals surface area contributed by atoms with Gasteiger partial charge in [0.25, 0.3) is 0 Å². The molecule has 3 N–H and O–H groups in total. The summed E-state index contributed by atoms with van der Waals surface area (Å²) >= 11 is 0. The van der Waals surface area contributed by atoms with Crippen molar-refractivity contribution in [2.24, 2.45) is 24.3 Å². The molecule has 0 fully saturated rings. The van der Waals surface area contributed by atoms with Gasteiger partial charge in [-0.25, -0.2) is 9.13 Å². The first-order valence-electron chi connectivity index (χ1n) is 16.2. The van der Waals surface area contributed by atoms with E-state index in [0.717, 1.165) is 55.8 Å². The quantitative estimate of drug-likeness (QED) is 0.0612. The van der Waals surface area contributed by atoms with Crippen LogP contribution in [0.2, 0.25) is 6.04 Å². The van der Waals surface area contributed by atoms with Gasteiger partial charge in [0, 0.05) is 51.3 Å². The van der Waals surface area contributed by atoms with Gasteiger partial charge in [-0.2, -0.15) is 0 Å². The van der Waals surface area contributed by atoms with Gasteiger partial charge in [0.15, 0.2) is 0 Å². The van der Waals surface area contributed by atoms with Gasteiger partial charge in [0.2, 0.25) is 5.91 Å². The van der Waals surface area contributed by atoms with Gasteiger partial charge in [-0.05, 0) is 50.1 Å². The molecule has 0 aliphatic heterocycles. The second-order valence-corrected chi connectivity index (χ2v) is 14.3. The summed E-state index contributed by atoms with van der Waals surface area (Å²) in [4.78, 5) is 12.0. The number of carbonyl (C=O) groups is 1. The Bertz CT molecular complexity index is 1120. The number of imidazole rings is 1. The number of nitrogens with zero attached hydrogens (tertiary/aromatic N) is 4. The van der Waals surface area contributed by atoms with Crippen LogP contribution in [0.3, 0.4) is 0 Å². The number of halogens is 1. The first-order chi connectivity index (χ1) is 22.3. The molecule has 0 aliphatic rings. The Kier molecular flexibility index (Phi) is 26.9. The van der Waals surface area contributed by atoms with Crippen molar-refractivity contribution >= 4 is 41.3 Å². The molecule has 1 heterocycles. The Balaban J connectivity index is 0.00000508. The van der Waals surface area contributed by atoms with Crippen molar-refractivity contribution in [3.05, 3.63) is 36.7 Å². The molecule has 0 atom stereocenters. The maximum absolute atomic E-state index is 12.0. The zero-order valence-corrected chi connectivity index (χ0v) is 31.7. The maximum atomic E-state index is 12.0. The molecule has 0 aliphatic carbocycles. The largest absolute Gasteiger partial charge is 1.00 e. The number of carbonyl (C=O) groups excluding carboxylic acids is 1. The molecule has 0 saturated carbocycles. The van der Waals surface area contributed by atoms with Crippen LogP contribution < -0.4 is 32.9 Å². The second kappa shape index (κ2) is 28.5. The minimum atomic E-state index is -2.52. The molecule has 0 spiro atoms. The number of anilines is 1. The molecule has 47 heavy (non-hydrogen) atoms. The first kappa shape index (κ1) is 44.5. The normalized spacial score (nSPS) is 11.0. The Labute approximate surface area is 290 Å². The summed E-state index contributed by atoms with van der Waals surface area (Å²) in [7, 11) is 4.84. The number of unbranched alkanes of at least 4 members (excludes halogenated alkanes) is 9. The molecule has 266 valence electrons. The van der Waals surface area contributed by atoms with E-state index in [4.69, 9.17) is 22.2 Å². The molecule has 13 nitrogen and oxygen atoms in total. The molecule has 2 rings (SSSR count). The number of nitrogens with one attached hydrogen (secondary N) is 3. The van der Waals surface area contributed by atoms with Crippen LogP contribution >= 0.6 is 0 Å². The molecular weight excluding hydrogens is 658 g/mol. The van der Waals surface area contributed by atoms with Crippen molar-refractivity contribution in [1.29, 1.82) is 0 Å². The zero-order chi connectivity index (χ0) is 33.9. The van der Waals surface area contributed by atoms with Crippen molar-refractivity contribution in [1.82, 2.24) is 15.2 Å². The van der Waals surface area contributed by atoms with E-state index in [1.54, 1.807) is 21.3 Å². The van der Waals surface area contributed by atoms with Gasteiger partial charge in [-0.15, -0.1) is 0 Å². The van der Waals surface area contributed by atoms with Crippen LogP contribution in [0, 0.1) is 0 Å². The number of benzene rings is 1. The average Bonchev–Trinajstić information content (AvgIpc) is 3.39. The fourth-order valence-electron chi connectivity index (χ4n) is 4.85. The number of aryl methyl sites for hydroxylation is 2. The number of hydrogen-bond donors (Lipinski definition) is 3. The third kappa shape index (κ3) is 20.4. The van der Waals surface area contributed by atoms with Crippen LogP contribution in [0.1, 0.15) is 70.6 Å². The summed E-state index contributed by atoms with van der Waals surface area (Å²) < 4.78 is 36.9. The van der Waals surface area contributed by atoms with Gasteiger partial charge in [-0.3, -0.25) is 13.7 Å². The van der Waals surface area contributed by atoms with Crippen LogP contribution in [-0.4, -0.2) is 76.1 Å². The molecule has 1 aromatic heterocycles. The van der Waals surface area contributed by atoms with E-state index >= 15 is 0 Å². The summed E-state index contributed by atoms with van der Waals surface area (Å²) in [6, 6.07) is 8.84. The van der Waals surface area contributed by atoms with Crippen molar-refractivity contribution in [3.63, 3.8) is 0 Å². The lowest BCUT2D eigenvalue weighted by Gasteiger charge is -2.24. The third-order valence-corrected chi connectivity index (χ3v) is 10.4. The van der Waals surface area contributed by atoms with E-state index in [1.807, 2.05) is 47.8 Å². The minimum absolute atomic E-state index is 0. The molecule has 1 amide bonds. The van der Waals surface area contributed by atoms with Gasteiger partial charge >= 0.3 is 24.0 Å². The third-order valence-electron chi connectivity index (χ3n) is 7.58. The van der Waals surface area contributed by atoms with Crippen LogP contribution in [0.5, 0.6) is 0 Å². The number of rotatable bonds is 25. The average molecular weight is 714 g/mol. The maximum Gasteiger partial charge on any atom is 0.549 e. The van der Waals surface area contributed by atoms with E-state index < -0.39 is 18.1 Å². The Morgan fingerprint density at radius 2 is 1.36 bits per heavy atom. The monoisotopic (exact) mass is 713 g/mol. The summed E-state index contributed by atoms with van der Waals surface area (Å²) in [6.07, 6.45) is 17.2. The highest BCUT2D eigenvalue weighted by molar-refractivity contribution is 6.60. The van der Waals surface area contributed by atoms with Gasteiger partial charge in [0.05, 0.1) is 33.0 Å². The molecule has 0 bridgehead atoms. The van der Waals surface area contributed by atoms with Gasteiger partial charge in [-0.1, -0.05) is 56.5 Å². The van der Waals surface area contributed by atoms with Crippen LogP contribution in [-0.2, 0) is 41.1 Å². The topological polar surface area (TPSA) is 149 Å². The van der Waals surface area contributed by atoms with E-state index in [-0.39, 0.29) is 18.3 Å². The van der Waals surface area contributed by atoms with E-state index in [1.165, 1.54) is 57.8 Å². The van der Waals surface area contributed by atoms with Crippen molar-refractivity contribution in [3.8, 4) is 0 Å². The summed E-state index contributed by atoms with van der Waals surface area (Å²) in [6.45, 7) is 2.82. The summed E-state index contributed by atoms with van der Waals surface area (Å²) in [5, 5.41) is 18.4. The molecule has 1 aromatic carbocycles. The summed E-state index contributed by atoms with van der Waals surface area (Å²) in [5.74, 6) is 0.859. The van der Waals surface area contributed by atoms with Crippen molar-refractivity contribution in [2.45, 2.75) is 76.7 Å². The van der Waals surface area contributed by atoms with Crippen LogP contribution in [0.25, 0.3) is 0 Å². The predicted octanol–water partition coefficient (Wildman–Crippen LogP) is 1.94. The van der Waals surface area contributed by atoms with Crippen molar-refractivity contribution < 1.29 is 44.0 Å². The van der Waals surface area contributed by atoms with E-state index in [0.29, 0.717) is 6.54 Å². The SMILES string of the molecule is CO[Si](CCCNCC(=O)NCCCCCCCCCCCCNc1ccc(N=Nc2n(C)cc[n+]2C)cc1)(OC)OC.O=[Si]=O.[Cl-]. The number of aromatic nitrogens is 2. The van der Waals surface area contributed by atoms with Gasteiger partial charge in [0.1, 0.15) is 5.69 Å². The fourth-order valence-corrected chi connectivity index (χ4v) is 6.57. The smallest absolute Gasteiger partial charge is 0.549 e. The molecule has 16 heteroatoms. The fraction of sp³-hybridized carbons (Fsp3) is 0.677. The lowest BCUT2D eigenvalue weighted by molar-refractivity contribution is -0.657. The second-order valence-electron chi connectivity index (χ2n) is 11.0. The molecule has 0 unspecified atom stereocenters. The lowest BCUT2D eigenvalue weighted by Crippen LogP contribution is -3.00. The Morgan fingerprint density at radius 3 is 1.87 bits per heavy atom. The van der Waals surface area contributed by atoms with Gasteiger partial charge < -0.3 is 41.6 Å². The molecule has 0 radical (unpaired) electrons. The molecular formula is C31H56ClN7O6Si2. The highest BCUT2D eigenvalue weighted by Gasteiger charge is 2.36. The standard InChI is InChI=1S/C31H55N7O4Si.ClH.O2Si/c1-37-24-25-38(2)31(37)36-35-29-19-17-28(18-20-29)33-22-14-12-10-8-6-7-9-11-13-15-23-34-30(39)27-32-21-16-26-43(40-3,41-4)42-5;;1-3-2/h17-20,24-25,32H,6-16,21-23,26-27H2,1-5H3,(H,34,39);1H;.